The van der Waals surface area contributed by atoms with Gasteiger partial charge in [0.25, 0.3) is 5.69 Å². The molecule has 0 atom stereocenters. The van der Waals surface area contributed by atoms with Gasteiger partial charge < -0.3 is 4.90 Å². The Hall–Kier alpha value is -2.43. The Kier molecular flexibility index (Phi) is 6.31. The second kappa shape index (κ2) is 8.97. The Morgan fingerprint density at radius 2 is 1.74 bits per heavy atom. The number of amides is 1. The number of sulfonamides is 1. The topological polar surface area (TPSA) is 101 Å². The first-order valence-corrected chi connectivity index (χ1v) is 12.6. The number of nitrogens with zero attached hydrogens (tertiary/aromatic N) is 3. The first-order valence-electron chi connectivity index (χ1n) is 10.2. The van der Waals surface area contributed by atoms with E-state index in [0.717, 1.165) is 41.8 Å². The molecule has 1 fully saturated rings. The van der Waals surface area contributed by atoms with Crippen molar-refractivity contribution in [3.05, 3.63) is 58.1 Å². The number of nitro benzene ring substituents is 1. The zero-order valence-corrected chi connectivity index (χ0v) is 18.5. The molecule has 2 aliphatic heterocycles. The van der Waals surface area contributed by atoms with Gasteiger partial charge in [0.2, 0.25) is 15.9 Å². The van der Waals surface area contributed by atoms with Gasteiger partial charge in [-0.3, -0.25) is 14.9 Å². The van der Waals surface area contributed by atoms with E-state index in [0.29, 0.717) is 24.5 Å². The third-order valence-corrected chi connectivity index (χ3v) is 8.47. The van der Waals surface area contributed by atoms with Gasteiger partial charge in [0.05, 0.1) is 15.6 Å². The quantitative estimate of drug-likeness (QED) is 0.371. The van der Waals surface area contributed by atoms with E-state index in [4.69, 9.17) is 0 Å². The van der Waals surface area contributed by atoms with Gasteiger partial charge in [-0.05, 0) is 61.6 Å². The smallest absolute Gasteiger partial charge is 0.269 e. The fraction of sp³-hybridized carbons (Fsp3) is 0.381. The molecule has 0 bridgehead atoms. The van der Waals surface area contributed by atoms with Crippen molar-refractivity contribution in [1.29, 1.82) is 0 Å². The summed E-state index contributed by atoms with van der Waals surface area (Å²) in [6.45, 7) is 1.71. The van der Waals surface area contributed by atoms with Crippen LogP contribution in [-0.4, -0.2) is 48.9 Å². The first-order chi connectivity index (χ1) is 14.9. The van der Waals surface area contributed by atoms with E-state index in [2.05, 4.69) is 0 Å². The fourth-order valence-electron chi connectivity index (χ4n) is 3.96. The van der Waals surface area contributed by atoms with Crippen LogP contribution in [0, 0.1) is 10.1 Å². The van der Waals surface area contributed by atoms with Gasteiger partial charge in [-0.15, -0.1) is 11.8 Å². The second-order valence-corrected chi connectivity index (χ2v) is 10.6. The van der Waals surface area contributed by atoms with Crippen molar-refractivity contribution in [2.45, 2.75) is 35.5 Å². The Morgan fingerprint density at radius 1 is 1.03 bits per heavy atom. The Morgan fingerprint density at radius 3 is 2.42 bits per heavy atom. The van der Waals surface area contributed by atoms with Crippen molar-refractivity contribution in [3.8, 4) is 0 Å². The van der Waals surface area contributed by atoms with Crippen molar-refractivity contribution < 1.29 is 18.1 Å². The van der Waals surface area contributed by atoms with Gasteiger partial charge in [0.1, 0.15) is 0 Å². The van der Waals surface area contributed by atoms with Crippen molar-refractivity contribution in [2.24, 2.45) is 0 Å². The van der Waals surface area contributed by atoms with Crippen LogP contribution in [0.3, 0.4) is 0 Å². The molecule has 31 heavy (non-hydrogen) atoms. The first kappa shape index (κ1) is 21.8. The molecule has 1 amide bonds. The second-order valence-electron chi connectivity index (χ2n) is 7.59. The van der Waals surface area contributed by atoms with Gasteiger partial charge in [0, 0.05) is 42.3 Å². The molecule has 4 rings (SSSR count). The monoisotopic (exact) mass is 461 g/mol. The van der Waals surface area contributed by atoms with Gasteiger partial charge in [-0.25, -0.2) is 8.42 Å². The molecule has 0 unspecified atom stereocenters. The summed E-state index contributed by atoms with van der Waals surface area (Å²) >= 11 is 1.33. The summed E-state index contributed by atoms with van der Waals surface area (Å²) in [5, 5.41) is 10.8. The Balaban J connectivity index is 1.47. The lowest BCUT2D eigenvalue weighted by Crippen LogP contribution is -2.37. The third kappa shape index (κ3) is 4.60. The summed E-state index contributed by atoms with van der Waals surface area (Å²) in [5.74, 6) is 0.130. The van der Waals surface area contributed by atoms with Crippen LogP contribution in [0.5, 0.6) is 0 Å². The predicted octanol–water partition coefficient (Wildman–Crippen LogP) is 3.45. The molecule has 0 saturated carbocycles. The lowest BCUT2D eigenvalue weighted by atomic mass is 10.0. The molecule has 0 aliphatic carbocycles. The Labute approximate surface area is 185 Å². The summed E-state index contributed by atoms with van der Waals surface area (Å²) < 4.78 is 27.3. The van der Waals surface area contributed by atoms with Crippen LogP contribution >= 0.6 is 11.8 Å². The molecule has 2 aromatic rings. The number of nitro groups is 1. The molecule has 0 spiro atoms. The number of carbonyl (C=O) groups is 1. The minimum absolute atomic E-state index is 0.0142. The van der Waals surface area contributed by atoms with E-state index in [1.54, 1.807) is 35.2 Å². The number of hydrogen-bond acceptors (Lipinski definition) is 6. The molecule has 10 heteroatoms. The molecule has 164 valence electrons. The van der Waals surface area contributed by atoms with Crippen LogP contribution in [0.1, 0.15) is 24.8 Å². The third-order valence-electron chi connectivity index (χ3n) is 5.58. The van der Waals surface area contributed by atoms with E-state index in [1.165, 1.54) is 28.2 Å². The van der Waals surface area contributed by atoms with Crippen LogP contribution in [0.4, 0.5) is 11.4 Å². The van der Waals surface area contributed by atoms with Crippen LogP contribution in [0.25, 0.3) is 0 Å². The van der Waals surface area contributed by atoms with Gasteiger partial charge in [-0.1, -0.05) is 0 Å². The van der Waals surface area contributed by atoms with Gasteiger partial charge >= 0.3 is 0 Å². The highest BCUT2D eigenvalue weighted by Gasteiger charge is 2.29. The average molecular weight is 462 g/mol. The number of fused-ring (bicyclic) bond motifs is 1. The van der Waals surface area contributed by atoms with Crippen molar-refractivity contribution in [1.82, 2.24) is 4.31 Å². The van der Waals surface area contributed by atoms with E-state index < -0.39 is 14.9 Å². The number of anilines is 1. The highest BCUT2D eigenvalue weighted by molar-refractivity contribution is 8.00. The lowest BCUT2D eigenvalue weighted by molar-refractivity contribution is -0.384. The highest BCUT2D eigenvalue weighted by atomic mass is 32.2. The van der Waals surface area contributed by atoms with Crippen molar-refractivity contribution >= 4 is 39.1 Å². The number of aryl methyl sites for hydroxylation is 1. The standard InChI is InChI=1S/C21H23N3O5S2/c25-21(15-30-18-7-5-17(6-8-18)24(26)27)23-13-3-4-16-14-19(9-10-20(16)23)31(28,29)22-11-1-2-12-22/h5-10,14H,1-4,11-13,15H2. The SMILES string of the molecule is O=C(CSc1ccc([N+](=O)[O-])cc1)N1CCCc2cc(S(=O)(=O)N3CCCC3)ccc21. The Bertz CT molecular complexity index is 1100. The van der Waals surface area contributed by atoms with Crippen LogP contribution in [0.15, 0.2) is 52.3 Å². The van der Waals surface area contributed by atoms with Crippen LogP contribution in [0.2, 0.25) is 0 Å². The van der Waals surface area contributed by atoms with E-state index in [9.17, 15) is 23.3 Å². The maximum Gasteiger partial charge on any atom is 0.269 e. The van der Waals surface area contributed by atoms with E-state index in [1.807, 2.05) is 0 Å². The number of rotatable bonds is 6. The maximum absolute atomic E-state index is 12.9. The minimum Gasteiger partial charge on any atom is -0.311 e. The largest absolute Gasteiger partial charge is 0.311 e. The normalized spacial score (nSPS) is 16.8. The molecule has 0 radical (unpaired) electrons. The van der Waals surface area contributed by atoms with Crippen LogP contribution in [-0.2, 0) is 21.2 Å². The molecule has 2 heterocycles. The number of non-ortho nitro benzene ring substituents is 1. The zero-order chi connectivity index (χ0) is 22.0. The summed E-state index contributed by atoms with van der Waals surface area (Å²) in [4.78, 5) is 26.0. The number of benzene rings is 2. The molecular weight excluding hydrogens is 438 g/mol. The molecule has 1 saturated heterocycles. The summed E-state index contributed by atoms with van der Waals surface area (Å²) in [7, 11) is -3.49. The van der Waals surface area contributed by atoms with E-state index >= 15 is 0 Å². The van der Waals surface area contributed by atoms with Gasteiger partial charge in [0.15, 0.2) is 0 Å². The molecule has 2 aliphatic rings. The predicted molar refractivity (Wildman–Crippen MR) is 119 cm³/mol. The molecule has 2 aromatic carbocycles. The number of carbonyl (C=O) groups excluding carboxylic acids is 1. The summed E-state index contributed by atoms with van der Waals surface area (Å²) in [6, 6.07) is 11.2. The molecule has 0 aromatic heterocycles. The lowest BCUT2D eigenvalue weighted by Gasteiger charge is -2.30. The van der Waals surface area contributed by atoms with Gasteiger partial charge in [-0.2, -0.15) is 4.31 Å². The van der Waals surface area contributed by atoms with Crippen molar-refractivity contribution in [3.63, 3.8) is 0 Å². The number of hydrogen-bond donors (Lipinski definition) is 0. The maximum atomic E-state index is 12.9. The minimum atomic E-state index is -3.49. The summed E-state index contributed by atoms with van der Waals surface area (Å²) in [6.07, 6.45) is 3.28. The molecule has 8 nitrogen and oxygen atoms in total. The highest BCUT2D eigenvalue weighted by Crippen LogP contribution is 2.32. The molecule has 0 N–H and O–H groups in total. The van der Waals surface area contributed by atoms with Crippen molar-refractivity contribution in [2.75, 3.05) is 30.3 Å². The summed E-state index contributed by atoms with van der Waals surface area (Å²) in [5.41, 5.74) is 1.65. The number of thioether (sulfide) groups is 1. The average Bonchev–Trinajstić information content (AvgIpc) is 3.33. The van der Waals surface area contributed by atoms with Crippen LogP contribution < -0.4 is 4.90 Å². The zero-order valence-electron chi connectivity index (χ0n) is 16.9. The fourth-order valence-corrected chi connectivity index (χ4v) is 6.30. The molecular formula is C21H23N3O5S2. The van der Waals surface area contributed by atoms with E-state index in [-0.39, 0.29) is 17.3 Å².